The molecule has 3 fully saturated rings. The van der Waals surface area contributed by atoms with Crippen molar-refractivity contribution >= 4 is 52.5 Å². The SMILES string of the molecule is COc1ccc([C@@]23C(=O)N(Nc4ccc(Cl)cc4Cl)C(=O)[C@@H]2C[C@@H]2C(=CC[C@@H]4C(=O)N(CCc5ccc(O)cc5)C(=O)[C@@H]42)[C@@H]3c2c(OC)cc(O)cc2OC)cc1. The number of imide groups is 2. The van der Waals surface area contributed by atoms with Gasteiger partial charge in [-0.1, -0.05) is 59.1 Å². The zero-order valence-electron chi connectivity index (χ0n) is 31.2. The molecular weight excluding hydrogens is 773 g/mol. The Kier molecular flexibility index (Phi) is 9.81. The second-order valence-corrected chi connectivity index (χ2v) is 15.6. The fraction of sp³-hybridized carbons (Fsp3) is 0.302. The predicted octanol–water partition coefficient (Wildman–Crippen LogP) is 6.66. The fourth-order valence-corrected chi connectivity index (χ4v) is 10.0. The highest BCUT2D eigenvalue weighted by Crippen LogP contribution is 2.66. The molecule has 0 aromatic heterocycles. The Balaban J connectivity index is 1.32. The van der Waals surface area contributed by atoms with Gasteiger partial charge in [0.15, 0.2) is 0 Å². The summed E-state index contributed by atoms with van der Waals surface area (Å²) in [4.78, 5) is 60.7. The number of aromatic hydroxyl groups is 2. The number of fused-ring (bicyclic) bond motifs is 4. The molecule has 6 atom stereocenters. The van der Waals surface area contributed by atoms with Gasteiger partial charge in [-0.25, -0.2) is 0 Å². The van der Waals surface area contributed by atoms with E-state index in [9.17, 15) is 19.8 Å². The van der Waals surface area contributed by atoms with E-state index in [4.69, 9.17) is 37.4 Å². The van der Waals surface area contributed by atoms with E-state index < -0.39 is 46.8 Å². The molecule has 8 rings (SSSR count). The Morgan fingerprint density at radius 2 is 1.47 bits per heavy atom. The van der Waals surface area contributed by atoms with Crippen molar-refractivity contribution in [3.05, 3.63) is 117 Å². The average molecular weight is 813 g/mol. The molecule has 2 saturated heterocycles. The molecule has 4 aliphatic rings. The van der Waals surface area contributed by atoms with Crippen LogP contribution in [-0.4, -0.2) is 71.6 Å². The minimum atomic E-state index is -1.67. The van der Waals surface area contributed by atoms with Gasteiger partial charge < -0.3 is 24.4 Å². The maximum atomic E-state index is 15.6. The van der Waals surface area contributed by atoms with Crippen LogP contribution in [0.5, 0.6) is 28.7 Å². The highest BCUT2D eigenvalue weighted by molar-refractivity contribution is 6.36. The third-order valence-corrected chi connectivity index (χ3v) is 12.6. The quantitative estimate of drug-likeness (QED) is 0.117. The van der Waals surface area contributed by atoms with Gasteiger partial charge in [-0.3, -0.25) is 29.5 Å². The molecule has 4 amide bonds. The lowest BCUT2D eigenvalue weighted by atomic mass is 9.49. The number of phenols is 2. The molecule has 0 bridgehead atoms. The van der Waals surface area contributed by atoms with Crippen LogP contribution >= 0.6 is 23.2 Å². The van der Waals surface area contributed by atoms with Crippen LogP contribution in [0.1, 0.15) is 35.4 Å². The molecule has 57 heavy (non-hydrogen) atoms. The van der Waals surface area contributed by atoms with E-state index in [2.05, 4.69) is 5.43 Å². The summed E-state index contributed by atoms with van der Waals surface area (Å²) < 4.78 is 17.3. The smallest absolute Gasteiger partial charge is 0.260 e. The monoisotopic (exact) mass is 811 g/mol. The summed E-state index contributed by atoms with van der Waals surface area (Å²) in [7, 11) is 4.40. The second-order valence-electron chi connectivity index (χ2n) is 14.7. The van der Waals surface area contributed by atoms with E-state index in [1.807, 2.05) is 6.08 Å². The van der Waals surface area contributed by atoms with E-state index in [0.717, 1.165) is 10.6 Å². The van der Waals surface area contributed by atoms with Crippen LogP contribution in [0, 0.1) is 23.7 Å². The number of nitrogens with zero attached hydrogens (tertiary/aromatic N) is 2. The van der Waals surface area contributed by atoms with E-state index in [1.165, 1.54) is 44.4 Å². The number of rotatable bonds is 10. The number of anilines is 1. The number of nitrogens with one attached hydrogen (secondary N) is 1. The molecule has 3 N–H and O–H groups in total. The standard InChI is InChI=1S/C43H39Cl2N3O9/c1-55-27-11-6-23(7-12-27)43-31(40(52)48(42(43)54)46-33-15-8-24(44)18-32(33)45)21-30-28(38(43)37-34(56-2)19-26(50)20-35(37)57-3)13-14-29-36(30)41(53)47(39(29)51)17-16-22-4-9-25(49)10-5-22/h4-13,15,18-20,29-31,36,38,46,49-50H,14,16-17,21H2,1-3H3/t29-,30+,31-,36-,38+,43+/m0/s1. The van der Waals surface area contributed by atoms with Crippen molar-refractivity contribution < 1.29 is 43.6 Å². The predicted molar refractivity (Wildman–Crippen MR) is 210 cm³/mol. The van der Waals surface area contributed by atoms with Gasteiger partial charge in [-0.2, -0.15) is 5.01 Å². The van der Waals surface area contributed by atoms with Gasteiger partial charge in [-0.05, 0) is 78.8 Å². The molecule has 12 nitrogen and oxygen atoms in total. The zero-order chi connectivity index (χ0) is 40.3. The van der Waals surface area contributed by atoms with Crippen LogP contribution in [0.2, 0.25) is 10.0 Å². The molecule has 2 aliphatic carbocycles. The summed E-state index contributed by atoms with van der Waals surface area (Å²) in [5.74, 6) is -5.16. The lowest BCUT2D eigenvalue weighted by Crippen LogP contribution is -2.53. The normalized spacial score (nSPS) is 25.1. The molecule has 14 heteroatoms. The number of methoxy groups -OCH3 is 3. The van der Waals surface area contributed by atoms with Gasteiger partial charge in [0.25, 0.3) is 11.8 Å². The Labute approximate surface area is 338 Å². The Bertz CT molecular complexity index is 2310. The van der Waals surface area contributed by atoms with Gasteiger partial charge in [-0.15, -0.1) is 0 Å². The average Bonchev–Trinajstić information content (AvgIpc) is 3.58. The third-order valence-electron chi connectivity index (χ3n) is 12.0. The van der Waals surface area contributed by atoms with Gasteiger partial charge in [0.1, 0.15) is 28.7 Å². The summed E-state index contributed by atoms with van der Waals surface area (Å²) in [6.45, 7) is 0.136. The molecule has 4 aromatic carbocycles. The van der Waals surface area contributed by atoms with Gasteiger partial charge in [0, 0.05) is 35.2 Å². The molecule has 0 spiro atoms. The third kappa shape index (κ3) is 6.04. The highest BCUT2D eigenvalue weighted by atomic mass is 35.5. The number of allylic oxidation sites excluding steroid dienone is 2. The number of hydrazine groups is 1. The van der Waals surface area contributed by atoms with Crippen molar-refractivity contribution in [2.24, 2.45) is 23.7 Å². The van der Waals surface area contributed by atoms with E-state index >= 15 is 9.59 Å². The number of likely N-dealkylation sites (tertiary alicyclic amines) is 1. The first kappa shape index (κ1) is 38.2. The summed E-state index contributed by atoms with van der Waals surface area (Å²) in [6, 6.07) is 21.0. The van der Waals surface area contributed by atoms with Crippen LogP contribution in [-0.2, 0) is 31.0 Å². The maximum absolute atomic E-state index is 15.6. The number of hydrogen-bond acceptors (Lipinski definition) is 10. The van der Waals surface area contributed by atoms with Crippen molar-refractivity contribution in [3.8, 4) is 28.7 Å². The first-order valence-electron chi connectivity index (χ1n) is 18.4. The van der Waals surface area contributed by atoms with Crippen LogP contribution in [0.25, 0.3) is 0 Å². The lowest BCUT2D eigenvalue weighted by molar-refractivity contribution is -0.141. The minimum absolute atomic E-state index is 0.0557. The molecule has 0 unspecified atom stereocenters. The van der Waals surface area contributed by atoms with Crippen molar-refractivity contribution in [1.82, 2.24) is 9.91 Å². The summed E-state index contributed by atoms with van der Waals surface area (Å²) in [6.07, 6.45) is 2.59. The van der Waals surface area contributed by atoms with Gasteiger partial charge >= 0.3 is 0 Å². The van der Waals surface area contributed by atoms with Crippen LogP contribution in [0.15, 0.2) is 90.5 Å². The number of ether oxygens (including phenoxy) is 3. The number of phenolic OH excluding ortho intramolecular Hbond substituents is 2. The number of amides is 4. The highest BCUT2D eigenvalue weighted by Gasteiger charge is 2.71. The Morgan fingerprint density at radius 3 is 2.11 bits per heavy atom. The first-order valence-corrected chi connectivity index (χ1v) is 19.2. The summed E-state index contributed by atoms with van der Waals surface area (Å²) >= 11 is 12.8. The summed E-state index contributed by atoms with van der Waals surface area (Å²) in [5, 5.41) is 22.1. The van der Waals surface area contributed by atoms with Crippen molar-refractivity contribution in [2.75, 3.05) is 33.3 Å². The molecular formula is C43H39Cl2N3O9. The second kappa shape index (κ2) is 14.7. The number of carbonyl (C=O) groups excluding carboxylic acids is 4. The lowest BCUT2D eigenvalue weighted by Gasteiger charge is -2.51. The van der Waals surface area contributed by atoms with E-state index in [0.29, 0.717) is 33.9 Å². The van der Waals surface area contributed by atoms with Crippen LogP contribution in [0.4, 0.5) is 5.69 Å². The maximum Gasteiger partial charge on any atom is 0.260 e. The molecule has 4 aromatic rings. The number of benzene rings is 4. The van der Waals surface area contributed by atoms with E-state index in [1.54, 1.807) is 60.7 Å². The Hall–Kier alpha value is -5.72. The summed E-state index contributed by atoms with van der Waals surface area (Å²) in [5.41, 5.74) is 3.98. The molecule has 0 radical (unpaired) electrons. The van der Waals surface area contributed by atoms with Crippen LogP contribution < -0.4 is 19.6 Å². The zero-order valence-corrected chi connectivity index (χ0v) is 32.7. The number of halogens is 2. The molecule has 2 aliphatic heterocycles. The Morgan fingerprint density at radius 1 is 0.789 bits per heavy atom. The fourth-order valence-electron chi connectivity index (χ4n) is 9.56. The topological polar surface area (TPSA) is 155 Å². The molecule has 2 heterocycles. The number of carbonyl (C=O) groups is 4. The first-order chi connectivity index (χ1) is 27.4. The van der Waals surface area contributed by atoms with E-state index in [-0.39, 0.29) is 64.9 Å². The molecule has 294 valence electrons. The van der Waals surface area contributed by atoms with Crippen molar-refractivity contribution in [3.63, 3.8) is 0 Å². The largest absolute Gasteiger partial charge is 0.508 e. The van der Waals surface area contributed by atoms with Crippen LogP contribution in [0.3, 0.4) is 0 Å². The van der Waals surface area contributed by atoms with Gasteiger partial charge in [0.05, 0.1) is 55.2 Å². The van der Waals surface area contributed by atoms with Crippen molar-refractivity contribution in [2.45, 2.75) is 30.6 Å². The van der Waals surface area contributed by atoms with Crippen molar-refractivity contribution in [1.29, 1.82) is 0 Å². The minimum Gasteiger partial charge on any atom is -0.508 e. The van der Waals surface area contributed by atoms with Gasteiger partial charge in [0.2, 0.25) is 11.8 Å². The molecule has 1 saturated carbocycles. The number of hydrogen-bond donors (Lipinski definition) is 3.